The van der Waals surface area contributed by atoms with Crippen molar-refractivity contribution in [1.82, 2.24) is 0 Å². The van der Waals surface area contributed by atoms with Crippen molar-refractivity contribution in [2.75, 3.05) is 13.2 Å². The van der Waals surface area contributed by atoms with Gasteiger partial charge in [0.05, 0.1) is 24.5 Å². The summed E-state index contributed by atoms with van der Waals surface area (Å²) in [5, 5.41) is 31.1. The van der Waals surface area contributed by atoms with Gasteiger partial charge in [-0.15, -0.1) is 0 Å². The highest BCUT2D eigenvalue weighted by Gasteiger charge is 2.22. The summed E-state index contributed by atoms with van der Waals surface area (Å²) in [7, 11) is 0. The second-order valence-corrected chi connectivity index (χ2v) is 6.59. The summed E-state index contributed by atoms with van der Waals surface area (Å²) in [4.78, 5) is 0. The fourth-order valence-corrected chi connectivity index (χ4v) is 2.61. The standard InChI is InChI=1S/C19H32N2O3/c1-2-3-4-5-6-7-18(21-24)17-10-8-16(9-11-17)12-13-19(20,14-22)15-23/h8-11,22-24H,2-7,12-15,20H2,1H3/b21-18+. The van der Waals surface area contributed by atoms with E-state index in [1.807, 2.05) is 24.3 Å². The van der Waals surface area contributed by atoms with Gasteiger partial charge in [0, 0.05) is 0 Å². The summed E-state index contributed by atoms with van der Waals surface area (Å²) in [5.74, 6) is 0. The van der Waals surface area contributed by atoms with E-state index in [1.165, 1.54) is 19.3 Å². The first-order valence-corrected chi connectivity index (χ1v) is 8.89. The third-order valence-corrected chi connectivity index (χ3v) is 4.47. The summed E-state index contributed by atoms with van der Waals surface area (Å²) < 4.78 is 0. The number of aryl methyl sites for hydroxylation is 1. The Bertz CT molecular complexity index is 482. The van der Waals surface area contributed by atoms with Gasteiger partial charge in [0.15, 0.2) is 0 Å². The fourth-order valence-electron chi connectivity index (χ4n) is 2.61. The van der Waals surface area contributed by atoms with Crippen LogP contribution in [0.15, 0.2) is 29.4 Å². The minimum absolute atomic E-state index is 0.235. The molecule has 5 nitrogen and oxygen atoms in total. The van der Waals surface area contributed by atoms with E-state index in [2.05, 4.69) is 12.1 Å². The van der Waals surface area contributed by atoms with Gasteiger partial charge in [-0.25, -0.2) is 0 Å². The molecule has 0 atom stereocenters. The number of aliphatic hydroxyl groups excluding tert-OH is 2. The first-order chi connectivity index (χ1) is 11.6. The quantitative estimate of drug-likeness (QED) is 0.204. The molecule has 0 aliphatic carbocycles. The molecule has 24 heavy (non-hydrogen) atoms. The second-order valence-electron chi connectivity index (χ2n) is 6.59. The number of oxime groups is 1. The van der Waals surface area contributed by atoms with E-state index < -0.39 is 5.54 Å². The topological polar surface area (TPSA) is 99.1 Å². The molecular weight excluding hydrogens is 304 g/mol. The summed E-state index contributed by atoms with van der Waals surface area (Å²) in [6.45, 7) is 1.72. The van der Waals surface area contributed by atoms with Crippen molar-refractivity contribution < 1.29 is 15.4 Å². The molecule has 0 unspecified atom stereocenters. The molecule has 0 fully saturated rings. The maximum atomic E-state index is 9.24. The summed E-state index contributed by atoms with van der Waals surface area (Å²) >= 11 is 0. The Morgan fingerprint density at radius 3 is 2.21 bits per heavy atom. The van der Waals surface area contributed by atoms with Gasteiger partial charge in [0.1, 0.15) is 0 Å². The monoisotopic (exact) mass is 336 g/mol. The SMILES string of the molecule is CCCCCCC/C(=N\O)c1ccc(CCC(N)(CO)CO)cc1. The lowest BCUT2D eigenvalue weighted by Gasteiger charge is -2.24. The van der Waals surface area contributed by atoms with E-state index in [0.717, 1.165) is 36.1 Å². The molecule has 0 saturated carbocycles. The van der Waals surface area contributed by atoms with Crippen LogP contribution in [0.4, 0.5) is 0 Å². The number of rotatable bonds is 12. The molecule has 1 rings (SSSR count). The number of hydrogen-bond acceptors (Lipinski definition) is 5. The van der Waals surface area contributed by atoms with E-state index in [9.17, 15) is 15.4 Å². The summed E-state index contributed by atoms with van der Waals surface area (Å²) in [6.07, 6.45) is 7.86. The molecule has 0 aliphatic rings. The highest BCUT2D eigenvalue weighted by atomic mass is 16.4. The molecule has 136 valence electrons. The lowest BCUT2D eigenvalue weighted by Crippen LogP contribution is -2.47. The Morgan fingerprint density at radius 1 is 1.04 bits per heavy atom. The van der Waals surface area contributed by atoms with Crippen molar-refractivity contribution in [3.8, 4) is 0 Å². The van der Waals surface area contributed by atoms with Crippen molar-refractivity contribution in [2.45, 2.75) is 63.8 Å². The third kappa shape index (κ3) is 6.99. The Balaban J connectivity index is 2.52. The molecule has 0 aromatic heterocycles. The van der Waals surface area contributed by atoms with E-state index in [0.29, 0.717) is 12.8 Å². The Hall–Kier alpha value is -1.43. The van der Waals surface area contributed by atoms with Crippen LogP contribution >= 0.6 is 0 Å². The second kappa shape index (κ2) is 11.2. The van der Waals surface area contributed by atoms with Crippen molar-refractivity contribution in [1.29, 1.82) is 0 Å². The normalized spacial score (nSPS) is 12.6. The molecule has 1 aromatic rings. The molecule has 5 N–H and O–H groups in total. The molecule has 0 saturated heterocycles. The molecule has 0 heterocycles. The number of nitrogens with two attached hydrogens (primary N) is 1. The molecule has 0 aliphatic heterocycles. The number of nitrogens with zero attached hydrogens (tertiary/aromatic N) is 1. The molecule has 1 aromatic carbocycles. The minimum atomic E-state index is -0.936. The first-order valence-electron chi connectivity index (χ1n) is 8.89. The number of hydrogen-bond donors (Lipinski definition) is 4. The van der Waals surface area contributed by atoms with E-state index >= 15 is 0 Å². The zero-order valence-electron chi connectivity index (χ0n) is 14.7. The van der Waals surface area contributed by atoms with Gasteiger partial charge >= 0.3 is 0 Å². The van der Waals surface area contributed by atoms with Crippen LogP contribution in [0.3, 0.4) is 0 Å². The lowest BCUT2D eigenvalue weighted by molar-refractivity contribution is 0.115. The van der Waals surface area contributed by atoms with Crippen LogP contribution < -0.4 is 5.73 Å². The average molecular weight is 336 g/mol. The van der Waals surface area contributed by atoms with Crippen LogP contribution in [0.2, 0.25) is 0 Å². The summed E-state index contributed by atoms with van der Waals surface area (Å²) in [6, 6.07) is 7.86. The fraction of sp³-hybridized carbons (Fsp3) is 0.632. The van der Waals surface area contributed by atoms with Crippen LogP contribution in [0.25, 0.3) is 0 Å². The maximum absolute atomic E-state index is 9.24. The Labute approximate surface area is 145 Å². The van der Waals surface area contributed by atoms with Gasteiger partial charge in [-0.3, -0.25) is 0 Å². The van der Waals surface area contributed by atoms with Crippen molar-refractivity contribution in [3.63, 3.8) is 0 Å². The molecule has 0 amide bonds. The Kier molecular flexibility index (Phi) is 9.60. The molecule has 0 spiro atoms. The van der Waals surface area contributed by atoms with Crippen LogP contribution in [0, 0.1) is 0 Å². The largest absolute Gasteiger partial charge is 0.411 e. The van der Waals surface area contributed by atoms with E-state index in [4.69, 9.17) is 5.73 Å². The van der Waals surface area contributed by atoms with Gasteiger partial charge in [-0.05, 0) is 36.8 Å². The van der Waals surface area contributed by atoms with Crippen LogP contribution in [0.5, 0.6) is 0 Å². The third-order valence-electron chi connectivity index (χ3n) is 4.47. The van der Waals surface area contributed by atoms with E-state index in [-0.39, 0.29) is 13.2 Å². The smallest absolute Gasteiger partial charge is 0.0867 e. The summed E-state index contributed by atoms with van der Waals surface area (Å²) in [5.41, 5.74) is 7.68. The Morgan fingerprint density at radius 2 is 1.67 bits per heavy atom. The number of aliphatic hydroxyl groups is 2. The van der Waals surface area contributed by atoms with Crippen molar-refractivity contribution >= 4 is 5.71 Å². The van der Waals surface area contributed by atoms with Gasteiger partial charge in [0.2, 0.25) is 0 Å². The predicted molar refractivity (Wildman–Crippen MR) is 97.6 cm³/mol. The molecule has 0 bridgehead atoms. The van der Waals surface area contributed by atoms with Gasteiger partial charge in [-0.1, -0.05) is 62.0 Å². The predicted octanol–water partition coefficient (Wildman–Crippen LogP) is 2.84. The molecular formula is C19H32N2O3. The minimum Gasteiger partial charge on any atom is -0.411 e. The van der Waals surface area contributed by atoms with Crippen molar-refractivity contribution in [2.24, 2.45) is 10.9 Å². The first kappa shape index (κ1) is 20.6. The van der Waals surface area contributed by atoms with Crippen LogP contribution in [0.1, 0.15) is 63.0 Å². The van der Waals surface area contributed by atoms with Gasteiger partial charge in [0.25, 0.3) is 0 Å². The average Bonchev–Trinajstić information content (AvgIpc) is 2.63. The van der Waals surface area contributed by atoms with Crippen LogP contribution in [-0.2, 0) is 6.42 Å². The number of benzene rings is 1. The highest BCUT2D eigenvalue weighted by Crippen LogP contribution is 2.15. The van der Waals surface area contributed by atoms with Gasteiger partial charge in [-0.2, -0.15) is 0 Å². The van der Waals surface area contributed by atoms with Crippen molar-refractivity contribution in [3.05, 3.63) is 35.4 Å². The van der Waals surface area contributed by atoms with Gasteiger partial charge < -0.3 is 21.2 Å². The zero-order chi connectivity index (χ0) is 17.8. The lowest BCUT2D eigenvalue weighted by atomic mass is 9.93. The highest BCUT2D eigenvalue weighted by molar-refractivity contribution is 6.00. The zero-order valence-corrected chi connectivity index (χ0v) is 14.7. The molecule has 0 radical (unpaired) electrons. The van der Waals surface area contributed by atoms with E-state index in [1.54, 1.807) is 0 Å². The maximum Gasteiger partial charge on any atom is 0.0867 e. The van der Waals surface area contributed by atoms with Crippen LogP contribution in [-0.4, -0.2) is 39.9 Å². The number of unbranched alkanes of at least 4 members (excludes halogenated alkanes) is 4. The molecule has 5 heteroatoms.